The van der Waals surface area contributed by atoms with Crippen molar-refractivity contribution in [3.63, 3.8) is 0 Å². The number of likely N-dealkylation sites (tertiary alicyclic amines) is 1. The molecule has 2 aliphatic rings. The average molecular weight is 343 g/mol. The number of nitrogens with one attached hydrogen (secondary N) is 2. The van der Waals surface area contributed by atoms with Gasteiger partial charge in [0.15, 0.2) is 0 Å². The van der Waals surface area contributed by atoms with E-state index >= 15 is 0 Å². The first-order valence-corrected chi connectivity index (χ1v) is 9.57. The van der Waals surface area contributed by atoms with Crippen LogP contribution >= 0.6 is 0 Å². The van der Waals surface area contributed by atoms with Crippen molar-refractivity contribution >= 4 is 11.8 Å². The highest BCUT2D eigenvalue weighted by molar-refractivity contribution is 5.83. The molecule has 25 heavy (non-hydrogen) atoms. The molecule has 5 heteroatoms. The molecule has 0 radical (unpaired) electrons. The van der Waals surface area contributed by atoms with E-state index in [9.17, 15) is 9.59 Å². The van der Waals surface area contributed by atoms with Gasteiger partial charge < -0.3 is 10.6 Å². The summed E-state index contributed by atoms with van der Waals surface area (Å²) in [4.78, 5) is 26.7. The zero-order chi connectivity index (χ0) is 17.5. The smallest absolute Gasteiger partial charge is 0.237 e. The van der Waals surface area contributed by atoms with Gasteiger partial charge in [-0.25, -0.2) is 0 Å². The molecular formula is C20H29N3O2. The third kappa shape index (κ3) is 5.30. The number of hydrogen-bond acceptors (Lipinski definition) is 3. The van der Waals surface area contributed by atoms with Crippen molar-refractivity contribution in [2.24, 2.45) is 0 Å². The topological polar surface area (TPSA) is 61.4 Å². The van der Waals surface area contributed by atoms with Crippen molar-refractivity contribution in [1.29, 1.82) is 0 Å². The van der Waals surface area contributed by atoms with E-state index in [4.69, 9.17) is 0 Å². The Morgan fingerprint density at radius 2 is 1.80 bits per heavy atom. The Kier molecular flexibility index (Phi) is 6.45. The summed E-state index contributed by atoms with van der Waals surface area (Å²) in [5.41, 5.74) is 1.23. The van der Waals surface area contributed by atoms with Crippen molar-refractivity contribution in [3.05, 3.63) is 35.9 Å². The van der Waals surface area contributed by atoms with Gasteiger partial charge in [0.05, 0.1) is 6.04 Å². The molecule has 2 N–H and O–H groups in total. The van der Waals surface area contributed by atoms with Gasteiger partial charge in [0.2, 0.25) is 11.8 Å². The summed E-state index contributed by atoms with van der Waals surface area (Å²) in [6.45, 7) is 2.18. The molecule has 2 amide bonds. The lowest BCUT2D eigenvalue weighted by molar-refractivity contribution is -0.126. The lowest BCUT2D eigenvalue weighted by atomic mass is 10.1. The van der Waals surface area contributed by atoms with E-state index in [1.165, 1.54) is 18.4 Å². The van der Waals surface area contributed by atoms with Gasteiger partial charge >= 0.3 is 0 Å². The van der Waals surface area contributed by atoms with Crippen LogP contribution in [0.1, 0.15) is 50.5 Å². The van der Waals surface area contributed by atoms with Crippen LogP contribution in [-0.2, 0) is 16.1 Å². The number of carbonyl (C=O) groups is 2. The molecule has 1 aliphatic carbocycles. The van der Waals surface area contributed by atoms with E-state index in [-0.39, 0.29) is 17.9 Å². The summed E-state index contributed by atoms with van der Waals surface area (Å²) >= 11 is 0. The lowest BCUT2D eigenvalue weighted by Crippen LogP contribution is -2.44. The van der Waals surface area contributed by atoms with Crippen LogP contribution in [0, 0.1) is 0 Å². The van der Waals surface area contributed by atoms with Crippen molar-refractivity contribution in [1.82, 2.24) is 15.5 Å². The van der Waals surface area contributed by atoms with E-state index in [1.807, 2.05) is 18.2 Å². The molecule has 1 aromatic carbocycles. The first kappa shape index (κ1) is 17.9. The summed E-state index contributed by atoms with van der Waals surface area (Å²) in [5.74, 6) is 0.113. The van der Waals surface area contributed by atoms with Gasteiger partial charge in [-0.1, -0.05) is 43.2 Å². The largest absolute Gasteiger partial charge is 0.354 e. The minimum Gasteiger partial charge on any atom is -0.354 e. The molecule has 136 valence electrons. The molecule has 1 heterocycles. The van der Waals surface area contributed by atoms with Gasteiger partial charge in [-0.05, 0) is 37.8 Å². The Morgan fingerprint density at radius 3 is 2.56 bits per heavy atom. The highest BCUT2D eigenvalue weighted by Gasteiger charge is 2.30. The second kappa shape index (κ2) is 8.99. The Bertz CT molecular complexity index is 570. The molecule has 1 aromatic rings. The van der Waals surface area contributed by atoms with Crippen LogP contribution in [0.25, 0.3) is 0 Å². The molecular weight excluding hydrogens is 314 g/mol. The molecule has 5 nitrogen and oxygen atoms in total. The number of rotatable bonds is 7. The maximum Gasteiger partial charge on any atom is 0.237 e. The first-order chi connectivity index (χ1) is 12.2. The van der Waals surface area contributed by atoms with Crippen LogP contribution in [0.3, 0.4) is 0 Å². The summed E-state index contributed by atoms with van der Waals surface area (Å²) in [5, 5.41) is 6.02. The maximum atomic E-state index is 12.5. The SMILES string of the molecule is O=C(CCNC(=O)[C@@H]1CCCN1Cc1ccccc1)NC1CCCC1. The predicted molar refractivity (Wildman–Crippen MR) is 97.9 cm³/mol. The zero-order valence-corrected chi connectivity index (χ0v) is 14.9. The van der Waals surface area contributed by atoms with Crippen LogP contribution < -0.4 is 10.6 Å². The molecule has 1 aliphatic heterocycles. The van der Waals surface area contributed by atoms with E-state index in [0.29, 0.717) is 19.0 Å². The third-order valence-electron chi connectivity index (χ3n) is 5.27. The fourth-order valence-corrected chi connectivity index (χ4v) is 3.92. The predicted octanol–water partition coefficient (Wildman–Crippen LogP) is 2.22. The minimum atomic E-state index is -0.0712. The van der Waals surface area contributed by atoms with Crippen LogP contribution in [0.2, 0.25) is 0 Å². The standard InChI is InChI=1S/C20H29N3O2/c24-19(22-17-9-4-5-10-17)12-13-21-20(25)18-11-6-14-23(18)15-16-7-2-1-3-8-16/h1-3,7-8,17-18H,4-6,9-15H2,(H,21,25)(H,22,24)/t18-/m0/s1. The molecule has 0 aromatic heterocycles. The van der Waals surface area contributed by atoms with E-state index in [2.05, 4.69) is 27.7 Å². The Hall–Kier alpha value is -1.88. The van der Waals surface area contributed by atoms with E-state index < -0.39 is 0 Å². The van der Waals surface area contributed by atoms with Gasteiger partial charge in [-0.15, -0.1) is 0 Å². The molecule has 0 unspecified atom stereocenters. The summed E-state index contributed by atoms with van der Waals surface area (Å²) in [6.07, 6.45) is 6.91. The number of hydrogen-bond donors (Lipinski definition) is 2. The molecule has 0 spiro atoms. The van der Waals surface area contributed by atoms with Gasteiger partial charge in [0, 0.05) is 25.6 Å². The quantitative estimate of drug-likeness (QED) is 0.798. The fraction of sp³-hybridized carbons (Fsp3) is 0.600. The monoisotopic (exact) mass is 343 g/mol. The second-order valence-corrected chi connectivity index (χ2v) is 7.20. The van der Waals surface area contributed by atoms with Crippen LogP contribution in [0.4, 0.5) is 0 Å². The number of carbonyl (C=O) groups excluding carboxylic acids is 2. The normalized spacial score (nSPS) is 21.4. The Morgan fingerprint density at radius 1 is 1.04 bits per heavy atom. The molecule has 0 bridgehead atoms. The summed E-state index contributed by atoms with van der Waals surface area (Å²) in [6, 6.07) is 10.5. The number of nitrogens with zero attached hydrogens (tertiary/aromatic N) is 1. The van der Waals surface area contributed by atoms with Crippen LogP contribution in [0.15, 0.2) is 30.3 Å². The van der Waals surface area contributed by atoms with Crippen LogP contribution in [0.5, 0.6) is 0 Å². The van der Waals surface area contributed by atoms with Crippen molar-refractivity contribution < 1.29 is 9.59 Å². The van der Waals surface area contributed by atoms with Crippen molar-refractivity contribution in [2.45, 2.75) is 63.6 Å². The molecule has 1 saturated carbocycles. The first-order valence-electron chi connectivity index (χ1n) is 9.57. The zero-order valence-electron chi connectivity index (χ0n) is 14.9. The van der Waals surface area contributed by atoms with Gasteiger partial charge in [-0.2, -0.15) is 0 Å². The average Bonchev–Trinajstić information content (AvgIpc) is 3.27. The third-order valence-corrected chi connectivity index (χ3v) is 5.27. The molecule has 2 fully saturated rings. The number of benzene rings is 1. The van der Waals surface area contributed by atoms with Crippen molar-refractivity contribution in [2.75, 3.05) is 13.1 Å². The molecule has 3 rings (SSSR count). The van der Waals surface area contributed by atoms with E-state index in [0.717, 1.165) is 38.8 Å². The lowest BCUT2D eigenvalue weighted by Gasteiger charge is -2.23. The molecule has 1 atom stereocenters. The summed E-state index contributed by atoms with van der Waals surface area (Å²) < 4.78 is 0. The van der Waals surface area contributed by atoms with Crippen LogP contribution in [-0.4, -0.2) is 41.9 Å². The maximum absolute atomic E-state index is 12.5. The fourth-order valence-electron chi connectivity index (χ4n) is 3.92. The minimum absolute atomic E-state index is 0.0553. The van der Waals surface area contributed by atoms with Crippen molar-refractivity contribution in [3.8, 4) is 0 Å². The molecule has 1 saturated heterocycles. The van der Waals surface area contributed by atoms with E-state index in [1.54, 1.807) is 0 Å². The van der Waals surface area contributed by atoms with Gasteiger partial charge in [0.1, 0.15) is 0 Å². The second-order valence-electron chi connectivity index (χ2n) is 7.20. The Balaban J connectivity index is 1.40. The van der Waals surface area contributed by atoms with Gasteiger partial charge in [0.25, 0.3) is 0 Å². The summed E-state index contributed by atoms with van der Waals surface area (Å²) in [7, 11) is 0. The highest BCUT2D eigenvalue weighted by Crippen LogP contribution is 2.20. The Labute approximate surface area is 150 Å². The number of amides is 2. The highest BCUT2D eigenvalue weighted by atomic mass is 16.2. The van der Waals surface area contributed by atoms with Gasteiger partial charge in [-0.3, -0.25) is 14.5 Å².